The first-order chi connectivity index (χ1) is 7.26. The summed E-state index contributed by atoms with van der Waals surface area (Å²) in [6.45, 7) is 2.54. The van der Waals surface area contributed by atoms with Gasteiger partial charge < -0.3 is 15.2 Å². The lowest BCUT2D eigenvalue weighted by Gasteiger charge is -2.13. The molecule has 0 fully saturated rings. The van der Waals surface area contributed by atoms with Gasteiger partial charge in [-0.15, -0.1) is 0 Å². The Bertz CT molecular complexity index is 228. The summed E-state index contributed by atoms with van der Waals surface area (Å²) in [7, 11) is 0. The van der Waals surface area contributed by atoms with Crippen LogP contribution < -0.4 is 5.32 Å². The molecule has 1 unspecified atom stereocenters. The van der Waals surface area contributed by atoms with E-state index in [0.717, 1.165) is 0 Å². The Labute approximate surface area is 88.0 Å². The molecule has 0 spiro atoms. The zero-order valence-corrected chi connectivity index (χ0v) is 8.72. The SMILES string of the molecule is CCOC(=O)C(CO)NCCCN=[N+]=[N-]. The molecule has 0 amide bonds. The van der Waals surface area contributed by atoms with Crippen LogP contribution in [0.1, 0.15) is 13.3 Å². The molecule has 0 aromatic rings. The van der Waals surface area contributed by atoms with Gasteiger partial charge in [-0.05, 0) is 25.4 Å². The Morgan fingerprint density at radius 2 is 2.47 bits per heavy atom. The lowest BCUT2D eigenvalue weighted by atomic mass is 10.3. The molecule has 0 bridgehead atoms. The second kappa shape index (κ2) is 9.26. The molecule has 0 aliphatic carbocycles. The molecule has 86 valence electrons. The van der Waals surface area contributed by atoms with Crippen LogP contribution in [-0.2, 0) is 9.53 Å². The highest BCUT2D eigenvalue weighted by molar-refractivity contribution is 5.75. The van der Waals surface area contributed by atoms with Gasteiger partial charge in [0.2, 0.25) is 0 Å². The van der Waals surface area contributed by atoms with Crippen LogP contribution in [0.15, 0.2) is 5.11 Å². The second-order valence-electron chi connectivity index (χ2n) is 2.75. The summed E-state index contributed by atoms with van der Waals surface area (Å²) in [5.41, 5.74) is 8.00. The number of esters is 1. The van der Waals surface area contributed by atoms with Crippen LogP contribution in [0.2, 0.25) is 0 Å². The maximum absolute atomic E-state index is 11.2. The predicted octanol–water partition coefficient (Wildman–Crippen LogP) is 0.200. The fraction of sp³-hybridized carbons (Fsp3) is 0.875. The number of hydrogen-bond acceptors (Lipinski definition) is 5. The number of rotatable bonds is 8. The monoisotopic (exact) mass is 216 g/mol. The maximum Gasteiger partial charge on any atom is 0.325 e. The minimum absolute atomic E-state index is 0.287. The zero-order valence-electron chi connectivity index (χ0n) is 8.72. The van der Waals surface area contributed by atoms with Crippen LogP contribution in [0.4, 0.5) is 0 Å². The first kappa shape index (κ1) is 13.7. The van der Waals surface area contributed by atoms with E-state index in [1.165, 1.54) is 0 Å². The van der Waals surface area contributed by atoms with Gasteiger partial charge in [0, 0.05) is 11.5 Å². The molecule has 0 saturated heterocycles. The molecule has 0 saturated carbocycles. The molecule has 0 heterocycles. The second-order valence-corrected chi connectivity index (χ2v) is 2.75. The van der Waals surface area contributed by atoms with Gasteiger partial charge in [0.15, 0.2) is 0 Å². The Hall–Kier alpha value is -1.30. The molecule has 0 rings (SSSR count). The highest BCUT2D eigenvalue weighted by Crippen LogP contribution is 1.89. The van der Waals surface area contributed by atoms with Crippen LogP contribution in [0.5, 0.6) is 0 Å². The lowest BCUT2D eigenvalue weighted by molar-refractivity contribution is -0.146. The van der Waals surface area contributed by atoms with Crippen LogP contribution in [0.3, 0.4) is 0 Å². The van der Waals surface area contributed by atoms with E-state index in [0.29, 0.717) is 19.5 Å². The Balaban J connectivity index is 3.69. The van der Waals surface area contributed by atoms with Crippen LogP contribution in [0.25, 0.3) is 10.4 Å². The Morgan fingerprint density at radius 3 is 3.00 bits per heavy atom. The third kappa shape index (κ3) is 6.73. The topological polar surface area (TPSA) is 107 Å². The van der Waals surface area contributed by atoms with Gasteiger partial charge in [-0.1, -0.05) is 5.11 Å². The van der Waals surface area contributed by atoms with Crippen molar-refractivity contribution in [2.45, 2.75) is 19.4 Å². The normalized spacial score (nSPS) is 11.6. The van der Waals surface area contributed by atoms with Gasteiger partial charge in [-0.2, -0.15) is 0 Å². The van der Waals surface area contributed by atoms with Crippen LogP contribution in [0, 0.1) is 0 Å². The van der Waals surface area contributed by atoms with E-state index >= 15 is 0 Å². The largest absolute Gasteiger partial charge is 0.465 e. The summed E-state index contributed by atoms with van der Waals surface area (Å²) in [4.78, 5) is 13.8. The third-order valence-corrected chi connectivity index (χ3v) is 1.64. The highest BCUT2D eigenvalue weighted by atomic mass is 16.5. The van der Waals surface area contributed by atoms with E-state index in [1.807, 2.05) is 0 Å². The number of aliphatic hydroxyl groups excluding tert-OH is 1. The van der Waals surface area contributed by atoms with Crippen molar-refractivity contribution in [2.24, 2.45) is 5.11 Å². The molecule has 0 radical (unpaired) electrons. The summed E-state index contributed by atoms with van der Waals surface area (Å²) in [5.74, 6) is -0.469. The van der Waals surface area contributed by atoms with Crippen molar-refractivity contribution in [3.8, 4) is 0 Å². The van der Waals surface area contributed by atoms with Crippen LogP contribution >= 0.6 is 0 Å². The fourth-order valence-corrected chi connectivity index (χ4v) is 0.936. The van der Waals surface area contributed by atoms with Gasteiger partial charge in [-0.3, -0.25) is 4.79 Å². The van der Waals surface area contributed by atoms with Gasteiger partial charge in [-0.25, -0.2) is 0 Å². The Kier molecular flexibility index (Phi) is 8.46. The molecule has 0 aromatic carbocycles. The Morgan fingerprint density at radius 1 is 1.73 bits per heavy atom. The predicted molar refractivity (Wildman–Crippen MR) is 54.1 cm³/mol. The van der Waals surface area contributed by atoms with E-state index in [1.54, 1.807) is 6.92 Å². The van der Waals surface area contributed by atoms with E-state index < -0.39 is 12.0 Å². The quantitative estimate of drug-likeness (QED) is 0.199. The summed E-state index contributed by atoms with van der Waals surface area (Å²) in [6.07, 6.45) is 0.611. The van der Waals surface area contributed by atoms with Gasteiger partial charge >= 0.3 is 5.97 Å². The van der Waals surface area contributed by atoms with Crippen molar-refractivity contribution < 1.29 is 14.6 Å². The van der Waals surface area contributed by atoms with Crippen LogP contribution in [-0.4, -0.2) is 43.4 Å². The van der Waals surface area contributed by atoms with Gasteiger partial charge in [0.1, 0.15) is 6.04 Å². The first-order valence-corrected chi connectivity index (χ1v) is 4.78. The maximum atomic E-state index is 11.2. The first-order valence-electron chi connectivity index (χ1n) is 4.78. The fourth-order valence-electron chi connectivity index (χ4n) is 0.936. The van der Waals surface area contributed by atoms with E-state index in [4.69, 9.17) is 15.4 Å². The molecular formula is C8H16N4O3. The molecule has 1 atom stereocenters. The van der Waals surface area contributed by atoms with Crippen molar-refractivity contribution in [3.63, 3.8) is 0 Å². The van der Waals surface area contributed by atoms with E-state index in [2.05, 4.69) is 15.3 Å². The molecule has 0 aromatic heterocycles. The average molecular weight is 216 g/mol. The minimum atomic E-state index is -0.698. The number of hydrogen-bond donors (Lipinski definition) is 2. The minimum Gasteiger partial charge on any atom is -0.465 e. The van der Waals surface area contributed by atoms with Crippen molar-refractivity contribution in [1.29, 1.82) is 0 Å². The third-order valence-electron chi connectivity index (χ3n) is 1.64. The number of ether oxygens (including phenoxy) is 1. The van der Waals surface area contributed by atoms with Crippen molar-refractivity contribution in [2.75, 3.05) is 26.3 Å². The van der Waals surface area contributed by atoms with E-state index in [-0.39, 0.29) is 13.2 Å². The van der Waals surface area contributed by atoms with Gasteiger partial charge in [0.05, 0.1) is 13.2 Å². The molecule has 7 heteroatoms. The zero-order chi connectivity index (χ0) is 11.5. The average Bonchev–Trinajstić information content (AvgIpc) is 2.23. The number of carbonyl (C=O) groups excluding carboxylic acids is 1. The van der Waals surface area contributed by atoms with Crippen molar-refractivity contribution in [1.82, 2.24) is 5.32 Å². The van der Waals surface area contributed by atoms with Gasteiger partial charge in [0.25, 0.3) is 0 Å². The number of nitrogens with one attached hydrogen (secondary N) is 1. The van der Waals surface area contributed by atoms with Crippen molar-refractivity contribution in [3.05, 3.63) is 10.4 Å². The number of aliphatic hydroxyl groups is 1. The smallest absolute Gasteiger partial charge is 0.325 e. The summed E-state index contributed by atoms with van der Waals surface area (Å²) < 4.78 is 4.73. The molecular weight excluding hydrogens is 200 g/mol. The molecule has 2 N–H and O–H groups in total. The van der Waals surface area contributed by atoms with E-state index in [9.17, 15) is 4.79 Å². The standard InChI is InChI=1S/C8H16N4O3/c1-2-15-8(14)7(6-13)10-4-3-5-11-12-9/h7,10,13H,2-6H2,1H3. The number of azide groups is 1. The molecule has 0 aliphatic rings. The summed E-state index contributed by atoms with van der Waals surface area (Å²) in [5, 5.41) is 15.0. The summed E-state index contributed by atoms with van der Waals surface area (Å²) >= 11 is 0. The molecule has 7 nitrogen and oxygen atoms in total. The molecule has 0 aliphatic heterocycles. The number of nitrogens with zero attached hydrogens (tertiary/aromatic N) is 3. The lowest BCUT2D eigenvalue weighted by Crippen LogP contribution is -2.41. The highest BCUT2D eigenvalue weighted by Gasteiger charge is 2.16. The summed E-state index contributed by atoms with van der Waals surface area (Å²) in [6, 6.07) is -0.698. The number of carbonyl (C=O) groups is 1. The van der Waals surface area contributed by atoms with Crippen molar-refractivity contribution >= 4 is 5.97 Å². The molecule has 15 heavy (non-hydrogen) atoms.